The monoisotopic (exact) mass is 373 g/mol. The fourth-order valence-corrected chi connectivity index (χ4v) is 2.16. The minimum Gasteiger partial charge on any atom is -0.497 e. The molecule has 0 aliphatic heterocycles. The van der Waals surface area contributed by atoms with Gasteiger partial charge in [0.1, 0.15) is 17.2 Å². The van der Waals surface area contributed by atoms with Gasteiger partial charge < -0.3 is 24.3 Å². The molecule has 2 aromatic rings. The van der Waals surface area contributed by atoms with E-state index in [-0.39, 0.29) is 13.2 Å². The summed E-state index contributed by atoms with van der Waals surface area (Å²) in [6.07, 6.45) is 0. The molecule has 0 bridgehead atoms. The number of esters is 1. The van der Waals surface area contributed by atoms with Gasteiger partial charge in [-0.05, 0) is 48.9 Å². The second-order valence-electron chi connectivity index (χ2n) is 5.48. The van der Waals surface area contributed by atoms with E-state index >= 15 is 0 Å². The molecular weight excluding hydrogens is 350 g/mol. The molecule has 27 heavy (non-hydrogen) atoms. The number of methoxy groups -OCH3 is 1. The first-order valence-electron chi connectivity index (χ1n) is 8.51. The first-order valence-corrected chi connectivity index (χ1v) is 8.51. The molecule has 0 aliphatic rings. The van der Waals surface area contributed by atoms with Crippen molar-refractivity contribution in [1.82, 2.24) is 5.32 Å². The van der Waals surface area contributed by atoms with Gasteiger partial charge in [-0.1, -0.05) is 12.1 Å². The zero-order valence-electron chi connectivity index (χ0n) is 15.4. The van der Waals surface area contributed by atoms with E-state index in [1.54, 1.807) is 31.4 Å². The van der Waals surface area contributed by atoms with Gasteiger partial charge in [-0.25, -0.2) is 4.79 Å². The highest BCUT2D eigenvalue weighted by molar-refractivity contribution is 5.80. The van der Waals surface area contributed by atoms with E-state index in [9.17, 15) is 9.59 Å². The van der Waals surface area contributed by atoms with Crippen molar-refractivity contribution in [2.45, 2.75) is 13.5 Å². The minimum atomic E-state index is -0.625. The highest BCUT2D eigenvalue weighted by Gasteiger charge is 2.09. The van der Waals surface area contributed by atoms with Crippen molar-refractivity contribution >= 4 is 11.9 Å². The van der Waals surface area contributed by atoms with Crippen molar-refractivity contribution in [1.29, 1.82) is 0 Å². The third-order valence-corrected chi connectivity index (χ3v) is 3.48. The zero-order chi connectivity index (χ0) is 19.5. The summed E-state index contributed by atoms with van der Waals surface area (Å²) < 4.78 is 20.6. The Bertz CT molecular complexity index is 744. The molecule has 0 fully saturated rings. The van der Waals surface area contributed by atoms with Crippen LogP contribution in [0.25, 0.3) is 0 Å². The molecule has 144 valence electrons. The van der Waals surface area contributed by atoms with Crippen molar-refractivity contribution in [3.05, 3.63) is 54.1 Å². The Balaban J connectivity index is 1.66. The van der Waals surface area contributed by atoms with Crippen LogP contribution in [0, 0.1) is 0 Å². The van der Waals surface area contributed by atoms with Crippen molar-refractivity contribution < 1.29 is 28.5 Å². The number of hydrogen-bond acceptors (Lipinski definition) is 6. The maximum atomic E-state index is 11.8. The van der Waals surface area contributed by atoms with E-state index in [0.717, 1.165) is 11.3 Å². The van der Waals surface area contributed by atoms with E-state index in [1.165, 1.54) is 0 Å². The van der Waals surface area contributed by atoms with Crippen LogP contribution in [-0.4, -0.2) is 38.8 Å². The van der Waals surface area contributed by atoms with Crippen molar-refractivity contribution in [3.63, 3.8) is 0 Å². The average molecular weight is 373 g/mol. The second kappa shape index (κ2) is 10.7. The zero-order valence-corrected chi connectivity index (χ0v) is 15.4. The van der Waals surface area contributed by atoms with Crippen molar-refractivity contribution in [2.24, 2.45) is 0 Å². The summed E-state index contributed by atoms with van der Waals surface area (Å²) in [7, 11) is 1.58. The molecule has 0 radical (unpaired) electrons. The lowest BCUT2D eigenvalue weighted by Gasteiger charge is -2.09. The lowest BCUT2D eigenvalue weighted by Crippen LogP contribution is -2.29. The van der Waals surface area contributed by atoms with Gasteiger partial charge in [0, 0.05) is 6.54 Å². The number of carbonyl (C=O) groups is 2. The van der Waals surface area contributed by atoms with Gasteiger partial charge in [0.05, 0.1) is 13.7 Å². The molecule has 0 unspecified atom stereocenters. The number of hydrogen-bond donors (Lipinski definition) is 1. The van der Waals surface area contributed by atoms with Gasteiger partial charge in [0.15, 0.2) is 13.2 Å². The Kier molecular flexibility index (Phi) is 7.96. The van der Waals surface area contributed by atoms with Crippen LogP contribution >= 0.6 is 0 Å². The van der Waals surface area contributed by atoms with E-state index in [0.29, 0.717) is 24.7 Å². The van der Waals surface area contributed by atoms with Crippen LogP contribution in [0.15, 0.2) is 48.5 Å². The SMILES string of the molecule is CCOc1ccc(OCC(=O)OCC(=O)NCc2cccc(OC)c2)cc1. The molecule has 7 heteroatoms. The Morgan fingerprint density at radius 2 is 1.63 bits per heavy atom. The lowest BCUT2D eigenvalue weighted by atomic mass is 10.2. The van der Waals surface area contributed by atoms with Crippen LogP contribution < -0.4 is 19.5 Å². The fourth-order valence-electron chi connectivity index (χ4n) is 2.16. The van der Waals surface area contributed by atoms with Crippen LogP contribution in [0.3, 0.4) is 0 Å². The number of carbonyl (C=O) groups excluding carboxylic acids is 2. The van der Waals surface area contributed by atoms with Crippen molar-refractivity contribution in [2.75, 3.05) is 26.9 Å². The number of nitrogens with one attached hydrogen (secondary N) is 1. The maximum Gasteiger partial charge on any atom is 0.344 e. The van der Waals surface area contributed by atoms with Gasteiger partial charge in [-0.3, -0.25) is 4.79 Å². The third kappa shape index (κ3) is 7.27. The molecule has 0 saturated carbocycles. The van der Waals surface area contributed by atoms with Crippen LogP contribution in [0.5, 0.6) is 17.2 Å². The first-order chi connectivity index (χ1) is 13.1. The molecule has 1 N–H and O–H groups in total. The summed E-state index contributed by atoms with van der Waals surface area (Å²) in [5.74, 6) is 0.922. The summed E-state index contributed by atoms with van der Waals surface area (Å²) in [5.41, 5.74) is 0.882. The molecule has 0 saturated heterocycles. The van der Waals surface area contributed by atoms with E-state index in [4.69, 9.17) is 18.9 Å². The van der Waals surface area contributed by atoms with E-state index in [1.807, 2.05) is 31.2 Å². The summed E-state index contributed by atoms with van der Waals surface area (Å²) in [6.45, 7) is 2.14. The molecule has 2 rings (SSSR count). The lowest BCUT2D eigenvalue weighted by molar-refractivity contribution is -0.150. The molecule has 7 nitrogen and oxygen atoms in total. The predicted molar refractivity (Wildman–Crippen MR) is 98.9 cm³/mol. The first kappa shape index (κ1) is 20.1. The summed E-state index contributed by atoms with van der Waals surface area (Å²) in [4.78, 5) is 23.5. The Hall–Kier alpha value is -3.22. The topological polar surface area (TPSA) is 83.1 Å². The Labute approximate surface area is 158 Å². The number of rotatable bonds is 10. The molecule has 0 heterocycles. The van der Waals surface area contributed by atoms with Crippen LogP contribution in [0.1, 0.15) is 12.5 Å². The van der Waals surface area contributed by atoms with E-state index < -0.39 is 11.9 Å². The average Bonchev–Trinajstić information content (AvgIpc) is 2.70. The quantitative estimate of drug-likeness (QED) is 0.644. The van der Waals surface area contributed by atoms with E-state index in [2.05, 4.69) is 5.32 Å². The van der Waals surface area contributed by atoms with Gasteiger partial charge in [0.25, 0.3) is 5.91 Å². The summed E-state index contributed by atoms with van der Waals surface area (Å²) in [5, 5.41) is 2.67. The van der Waals surface area contributed by atoms with Crippen LogP contribution in [0.4, 0.5) is 0 Å². The summed E-state index contributed by atoms with van der Waals surface area (Å²) in [6, 6.07) is 14.2. The second-order valence-corrected chi connectivity index (χ2v) is 5.48. The Morgan fingerprint density at radius 1 is 0.926 bits per heavy atom. The van der Waals surface area contributed by atoms with Crippen molar-refractivity contribution in [3.8, 4) is 17.2 Å². The standard InChI is InChI=1S/C20H23NO6/c1-3-25-16-7-9-17(10-8-16)26-14-20(23)27-13-19(22)21-12-15-5-4-6-18(11-15)24-2/h4-11H,3,12-14H2,1-2H3,(H,21,22). The molecule has 1 amide bonds. The number of amides is 1. The third-order valence-electron chi connectivity index (χ3n) is 3.48. The van der Waals surface area contributed by atoms with Crippen LogP contribution in [0.2, 0.25) is 0 Å². The van der Waals surface area contributed by atoms with Gasteiger partial charge in [0.2, 0.25) is 0 Å². The largest absolute Gasteiger partial charge is 0.497 e. The fraction of sp³-hybridized carbons (Fsp3) is 0.300. The van der Waals surface area contributed by atoms with Gasteiger partial charge in [-0.2, -0.15) is 0 Å². The highest BCUT2D eigenvalue weighted by atomic mass is 16.6. The maximum absolute atomic E-state index is 11.8. The molecule has 2 aromatic carbocycles. The predicted octanol–water partition coefficient (Wildman–Crippen LogP) is 2.33. The highest BCUT2D eigenvalue weighted by Crippen LogP contribution is 2.17. The molecule has 0 atom stereocenters. The molecular formula is C20H23NO6. The normalized spacial score (nSPS) is 10.0. The molecule has 0 aromatic heterocycles. The Morgan fingerprint density at radius 3 is 2.30 bits per heavy atom. The minimum absolute atomic E-state index is 0.281. The molecule has 0 aliphatic carbocycles. The smallest absolute Gasteiger partial charge is 0.344 e. The molecule has 0 spiro atoms. The van der Waals surface area contributed by atoms with Gasteiger partial charge >= 0.3 is 5.97 Å². The van der Waals surface area contributed by atoms with Gasteiger partial charge in [-0.15, -0.1) is 0 Å². The summed E-state index contributed by atoms with van der Waals surface area (Å²) >= 11 is 0. The number of ether oxygens (including phenoxy) is 4. The number of benzene rings is 2. The van der Waals surface area contributed by atoms with Crippen LogP contribution in [-0.2, 0) is 20.9 Å².